The van der Waals surface area contributed by atoms with Crippen molar-refractivity contribution in [1.82, 2.24) is 5.32 Å². The third-order valence-corrected chi connectivity index (χ3v) is 3.39. The summed E-state index contributed by atoms with van der Waals surface area (Å²) < 4.78 is 52.5. The Morgan fingerprint density at radius 2 is 1.67 bits per heavy atom. The second-order valence-electron chi connectivity index (χ2n) is 4.48. The first-order valence-electron chi connectivity index (χ1n) is 6.13. The zero-order valence-electron chi connectivity index (χ0n) is 11.0. The van der Waals surface area contributed by atoms with E-state index in [0.717, 1.165) is 6.07 Å². The zero-order valence-corrected chi connectivity index (χ0v) is 11.8. The molecule has 0 saturated carbocycles. The van der Waals surface area contributed by atoms with Crippen molar-refractivity contribution >= 4 is 11.6 Å². The molecule has 0 aromatic heterocycles. The quantitative estimate of drug-likeness (QED) is 0.801. The van der Waals surface area contributed by atoms with Crippen LogP contribution in [-0.2, 0) is 6.18 Å². The largest absolute Gasteiger partial charge is 0.419 e. The van der Waals surface area contributed by atoms with E-state index in [2.05, 4.69) is 5.32 Å². The van der Waals surface area contributed by atoms with Crippen LogP contribution in [-0.4, -0.2) is 7.05 Å². The van der Waals surface area contributed by atoms with Gasteiger partial charge < -0.3 is 5.32 Å². The Morgan fingerprint density at radius 1 is 1.05 bits per heavy atom. The number of hydrogen-bond acceptors (Lipinski definition) is 1. The summed E-state index contributed by atoms with van der Waals surface area (Å²) in [4.78, 5) is 0. The minimum atomic E-state index is -4.72. The third-order valence-electron chi connectivity index (χ3n) is 3.14. The van der Waals surface area contributed by atoms with Crippen LogP contribution in [0.3, 0.4) is 0 Å². The Labute approximate surface area is 124 Å². The monoisotopic (exact) mass is 317 g/mol. The van der Waals surface area contributed by atoms with E-state index in [4.69, 9.17) is 11.6 Å². The van der Waals surface area contributed by atoms with Gasteiger partial charge in [0, 0.05) is 10.6 Å². The van der Waals surface area contributed by atoms with Gasteiger partial charge >= 0.3 is 6.18 Å². The van der Waals surface area contributed by atoms with E-state index in [-0.39, 0.29) is 5.56 Å². The van der Waals surface area contributed by atoms with Crippen LogP contribution in [0, 0.1) is 5.82 Å². The fourth-order valence-electron chi connectivity index (χ4n) is 2.15. The SMILES string of the molecule is CNC(c1ccc(Cl)cc1)c1cccc(C(F)(F)F)c1F. The summed E-state index contributed by atoms with van der Waals surface area (Å²) in [5.41, 5.74) is -0.705. The minimum Gasteiger partial charge on any atom is -0.309 e. The summed E-state index contributed by atoms with van der Waals surface area (Å²) in [6, 6.07) is 9.06. The number of alkyl halides is 3. The standard InChI is InChI=1S/C15H12ClF4N/c1-21-14(9-5-7-10(16)8-6-9)11-3-2-4-12(13(11)17)15(18,19)20/h2-8,14,21H,1H3. The lowest BCUT2D eigenvalue weighted by atomic mass is 9.96. The van der Waals surface area contributed by atoms with Crippen LogP contribution in [0.5, 0.6) is 0 Å². The highest BCUT2D eigenvalue weighted by atomic mass is 35.5. The minimum absolute atomic E-state index is 0.0605. The molecule has 2 aromatic rings. The smallest absolute Gasteiger partial charge is 0.309 e. The highest BCUT2D eigenvalue weighted by Crippen LogP contribution is 2.35. The molecule has 0 aliphatic heterocycles. The van der Waals surface area contributed by atoms with E-state index in [1.54, 1.807) is 31.3 Å². The molecule has 0 bridgehead atoms. The topological polar surface area (TPSA) is 12.0 Å². The van der Waals surface area contributed by atoms with Crippen LogP contribution in [0.2, 0.25) is 5.02 Å². The Morgan fingerprint density at radius 3 is 2.19 bits per heavy atom. The summed E-state index contributed by atoms with van der Waals surface area (Å²) in [6.45, 7) is 0. The predicted octanol–water partition coefficient (Wildman–Crippen LogP) is 4.81. The van der Waals surface area contributed by atoms with Gasteiger partial charge in [-0.05, 0) is 30.8 Å². The second-order valence-corrected chi connectivity index (χ2v) is 4.92. The van der Waals surface area contributed by atoms with Crippen LogP contribution in [0.25, 0.3) is 0 Å². The average Bonchev–Trinajstić information content (AvgIpc) is 2.42. The van der Waals surface area contributed by atoms with Gasteiger partial charge in [0.25, 0.3) is 0 Å². The summed E-state index contributed by atoms with van der Waals surface area (Å²) in [6.07, 6.45) is -4.72. The number of benzene rings is 2. The molecule has 1 atom stereocenters. The Hall–Kier alpha value is -1.59. The molecule has 0 radical (unpaired) electrons. The van der Waals surface area contributed by atoms with Crippen LogP contribution in [0.15, 0.2) is 42.5 Å². The van der Waals surface area contributed by atoms with E-state index in [9.17, 15) is 17.6 Å². The summed E-state index contributed by atoms with van der Waals surface area (Å²) in [5, 5.41) is 3.32. The van der Waals surface area contributed by atoms with Gasteiger partial charge in [0.15, 0.2) is 0 Å². The lowest BCUT2D eigenvalue weighted by Crippen LogP contribution is -2.21. The first kappa shape index (κ1) is 15.8. The zero-order chi connectivity index (χ0) is 15.6. The Balaban J connectivity index is 2.51. The van der Waals surface area contributed by atoms with Crippen molar-refractivity contribution < 1.29 is 17.6 Å². The number of rotatable bonds is 3. The number of hydrogen-bond donors (Lipinski definition) is 1. The maximum absolute atomic E-state index is 14.2. The maximum Gasteiger partial charge on any atom is 0.419 e. The molecule has 0 amide bonds. The van der Waals surface area contributed by atoms with Gasteiger partial charge in [-0.1, -0.05) is 35.9 Å². The molecule has 0 fully saturated rings. The van der Waals surface area contributed by atoms with Crippen molar-refractivity contribution in [1.29, 1.82) is 0 Å². The van der Waals surface area contributed by atoms with Gasteiger partial charge in [-0.25, -0.2) is 4.39 Å². The second kappa shape index (κ2) is 6.03. The van der Waals surface area contributed by atoms with Gasteiger partial charge in [0.05, 0.1) is 11.6 Å². The highest BCUT2D eigenvalue weighted by molar-refractivity contribution is 6.30. The predicted molar refractivity (Wildman–Crippen MR) is 73.8 cm³/mol. The molecule has 1 N–H and O–H groups in total. The summed E-state index contributed by atoms with van der Waals surface area (Å²) in [7, 11) is 1.55. The van der Waals surface area contributed by atoms with Crippen LogP contribution in [0.4, 0.5) is 17.6 Å². The molecule has 0 spiro atoms. The molecule has 21 heavy (non-hydrogen) atoms. The van der Waals surface area contributed by atoms with Crippen molar-refractivity contribution in [2.75, 3.05) is 7.05 Å². The lowest BCUT2D eigenvalue weighted by molar-refractivity contribution is -0.140. The molecule has 6 heteroatoms. The molecule has 2 rings (SSSR count). The summed E-state index contributed by atoms with van der Waals surface area (Å²) in [5.74, 6) is -1.26. The van der Waals surface area contributed by atoms with E-state index in [1.165, 1.54) is 12.1 Å². The van der Waals surface area contributed by atoms with Crippen molar-refractivity contribution in [2.45, 2.75) is 12.2 Å². The molecule has 1 unspecified atom stereocenters. The van der Waals surface area contributed by atoms with Gasteiger partial charge in [-0.2, -0.15) is 13.2 Å². The molecule has 112 valence electrons. The van der Waals surface area contributed by atoms with E-state index in [1.807, 2.05) is 0 Å². The molecule has 0 heterocycles. The number of nitrogens with one attached hydrogen (secondary N) is 1. The van der Waals surface area contributed by atoms with Gasteiger partial charge in [0.2, 0.25) is 0 Å². The Kier molecular flexibility index (Phi) is 4.54. The van der Waals surface area contributed by atoms with Crippen molar-refractivity contribution in [3.63, 3.8) is 0 Å². The van der Waals surface area contributed by atoms with E-state index in [0.29, 0.717) is 10.6 Å². The molecule has 0 aliphatic carbocycles. The fourth-order valence-corrected chi connectivity index (χ4v) is 2.27. The van der Waals surface area contributed by atoms with Crippen molar-refractivity contribution in [3.8, 4) is 0 Å². The lowest BCUT2D eigenvalue weighted by Gasteiger charge is -2.20. The fraction of sp³-hybridized carbons (Fsp3) is 0.200. The van der Waals surface area contributed by atoms with Gasteiger partial charge in [-0.3, -0.25) is 0 Å². The molecule has 0 aliphatic rings. The van der Waals surface area contributed by atoms with Crippen LogP contribution < -0.4 is 5.32 Å². The van der Waals surface area contributed by atoms with E-state index >= 15 is 0 Å². The van der Waals surface area contributed by atoms with E-state index < -0.39 is 23.6 Å². The average molecular weight is 318 g/mol. The van der Waals surface area contributed by atoms with Crippen LogP contribution >= 0.6 is 11.6 Å². The molecule has 2 aromatic carbocycles. The molecule has 0 saturated heterocycles. The number of halogens is 5. The van der Waals surface area contributed by atoms with Crippen LogP contribution in [0.1, 0.15) is 22.7 Å². The molecule has 1 nitrogen and oxygen atoms in total. The highest BCUT2D eigenvalue weighted by Gasteiger charge is 2.35. The Bertz CT molecular complexity index is 623. The maximum atomic E-state index is 14.2. The van der Waals surface area contributed by atoms with Crippen molar-refractivity contribution in [3.05, 3.63) is 70.0 Å². The third kappa shape index (κ3) is 3.36. The van der Waals surface area contributed by atoms with Gasteiger partial charge in [0.1, 0.15) is 5.82 Å². The van der Waals surface area contributed by atoms with Gasteiger partial charge in [-0.15, -0.1) is 0 Å². The molecular formula is C15H12ClF4N. The first-order chi connectivity index (χ1) is 9.84. The first-order valence-corrected chi connectivity index (χ1v) is 6.50. The van der Waals surface area contributed by atoms with Crippen molar-refractivity contribution in [2.24, 2.45) is 0 Å². The normalized spacial score (nSPS) is 13.2. The molecular weight excluding hydrogens is 306 g/mol. The summed E-state index contributed by atoms with van der Waals surface area (Å²) >= 11 is 5.78.